The van der Waals surface area contributed by atoms with Crippen LogP contribution < -0.4 is 14.4 Å². The molecule has 3 aromatic rings. The van der Waals surface area contributed by atoms with Gasteiger partial charge in [0.05, 0.1) is 35.8 Å². The zero-order chi connectivity index (χ0) is 27.0. The number of anilines is 2. The van der Waals surface area contributed by atoms with Crippen molar-refractivity contribution < 1.29 is 31.5 Å². The number of amides is 1. The molecule has 2 heterocycles. The van der Waals surface area contributed by atoms with Gasteiger partial charge in [-0.1, -0.05) is 0 Å². The van der Waals surface area contributed by atoms with E-state index in [0.29, 0.717) is 27.0 Å². The average molecular weight is 552 g/mol. The molecule has 0 fully saturated rings. The number of carbonyl (C=O) groups excluding carboxylic acids is 1. The van der Waals surface area contributed by atoms with Gasteiger partial charge in [-0.25, -0.2) is 18.1 Å². The molecule has 0 aliphatic heterocycles. The Morgan fingerprint density at radius 2 is 1.97 bits per heavy atom. The van der Waals surface area contributed by atoms with Crippen molar-refractivity contribution >= 4 is 38.1 Å². The maximum atomic E-state index is 12.7. The van der Waals surface area contributed by atoms with Gasteiger partial charge >= 0.3 is 6.61 Å². The molecule has 37 heavy (non-hydrogen) atoms. The summed E-state index contributed by atoms with van der Waals surface area (Å²) in [5, 5.41) is 9.48. The first-order valence-corrected chi connectivity index (χ1v) is 13.3. The maximum Gasteiger partial charge on any atom is 0.387 e. The van der Waals surface area contributed by atoms with Gasteiger partial charge < -0.3 is 14.4 Å². The van der Waals surface area contributed by atoms with Gasteiger partial charge in [0.1, 0.15) is 11.4 Å². The van der Waals surface area contributed by atoms with Crippen LogP contribution in [0.5, 0.6) is 5.75 Å². The number of halogens is 2. The third-order valence-electron chi connectivity index (χ3n) is 4.89. The number of pyridine rings is 1. The Morgan fingerprint density at radius 3 is 2.57 bits per heavy atom. The lowest BCUT2D eigenvalue weighted by Crippen LogP contribution is -2.33. The molecule has 0 unspecified atom stereocenters. The van der Waals surface area contributed by atoms with Gasteiger partial charge in [0, 0.05) is 24.3 Å². The summed E-state index contributed by atoms with van der Waals surface area (Å²) in [6.45, 7) is -0.976. The van der Waals surface area contributed by atoms with Crippen molar-refractivity contribution in [1.82, 2.24) is 14.7 Å². The maximum absolute atomic E-state index is 12.7. The number of hydrogen-bond acceptors (Lipinski definition) is 10. The first-order chi connectivity index (χ1) is 17.6. The first kappa shape index (κ1) is 27.9. The van der Waals surface area contributed by atoms with Crippen molar-refractivity contribution in [2.75, 3.05) is 24.4 Å². The van der Waals surface area contributed by atoms with Crippen LogP contribution in [-0.4, -0.2) is 50.4 Å². The molecule has 0 atom stereocenters. The molecule has 14 heteroatoms. The number of methoxy groups -OCH3 is 1. The van der Waals surface area contributed by atoms with E-state index < -0.39 is 22.5 Å². The molecular weight excluding hydrogens is 528 g/mol. The SMILES string of the molecule is COCCCS(=O)(=O)NC(=O)c1nc(N(Cc2ccc(OC(F)F)cn2)c2ccc(C#N)cc2)sc1C. The van der Waals surface area contributed by atoms with Crippen LogP contribution in [0.4, 0.5) is 19.6 Å². The molecule has 10 nitrogen and oxygen atoms in total. The Kier molecular flexibility index (Phi) is 9.45. The smallest absolute Gasteiger partial charge is 0.387 e. The van der Waals surface area contributed by atoms with E-state index in [1.54, 1.807) is 36.1 Å². The predicted molar refractivity (Wildman–Crippen MR) is 132 cm³/mol. The Balaban J connectivity index is 1.89. The Bertz CT molecular complexity index is 1360. The summed E-state index contributed by atoms with van der Waals surface area (Å²) in [5.74, 6) is -1.24. The van der Waals surface area contributed by atoms with Crippen LogP contribution in [0.3, 0.4) is 0 Å². The summed E-state index contributed by atoms with van der Waals surface area (Å²) < 4.78 is 60.6. The van der Waals surface area contributed by atoms with Crippen LogP contribution in [0.1, 0.15) is 33.0 Å². The number of nitrogens with zero attached hydrogens (tertiary/aromatic N) is 4. The second-order valence-corrected chi connectivity index (χ2v) is 10.6. The van der Waals surface area contributed by atoms with Crippen molar-refractivity contribution in [2.45, 2.75) is 26.5 Å². The predicted octanol–water partition coefficient (Wildman–Crippen LogP) is 3.75. The monoisotopic (exact) mass is 551 g/mol. The molecule has 0 aliphatic rings. The van der Waals surface area contributed by atoms with E-state index in [-0.39, 0.29) is 36.8 Å². The lowest BCUT2D eigenvalue weighted by Gasteiger charge is -2.22. The van der Waals surface area contributed by atoms with E-state index in [1.807, 2.05) is 10.8 Å². The van der Waals surface area contributed by atoms with Crippen LogP contribution >= 0.6 is 11.3 Å². The molecule has 0 bridgehead atoms. The lowest BCUT2D eigenvalue weighted by atomic mass is 10.2. The van der Waals surface area contributed by atoms with Crippen molar-refractivity contribution in [2.24, 2.45) is 0 Å². The Labute approximate surface area is 216 Å². The fourth-order valence-electron chi connectivity index (χ4n) is 3.17. The number of ether oxygens (including phenoxy) is 2. The lowest BCUT2D eigenvalue weighted by molar-refractivity contribution is -0.0501. The number of carbonyl (C=O) groups is 1. The summed E-state index contributed by atoms with van der Waals surface area (Å²) in [4.78, 5) is 23.5. The minimum Gasteiger partial charge on any atom is -0.433 e. The Morgan fingerprint density at radius 1 is 1.24 bits per heavy atom. The van der Waals surface area contributed by atoms with Gasteiger partial charge in [-0.05, 0) is 49.7 Å². The van der Waals surface area contributed by atoms with Gasteiger partial charge in [0.15, 0.2) is 5.13 Å². The number of hydrogen-bond donors (Lipinski definition) is 1. The van der Waals surface area contributed by atoms with Gasteiger partial charge in [-0.2, -0.15) is 14.0 Å². The molecule has 0 spiro atoms. The van der Waals surface area contributed by atoms with Crippen LogP contribution in [0.25, 0.3) is 0 Å². The van der Waals surface area contributed by atoms with Crippen molar-refractivity contribution in [3.8, 4) is 11.8 Å². The molecule has 0 saturated carbocycles. The molecule has 0 radical (unpaired) electrons. The van der Waals surface area contributed by atoms with Crippen LogP contribution in [0, 0.1) is 18.3 Å². The molecule has 0 aliphatic carbocycles. The highest BCUT2D eigenvalue weighted by Gasteiger charge is 2.24. The van der Waals surface area contributed by atoms with Gasteiger partial charge in [0.25, 0.3) is 5.91 Å². The van der Waals surface area contributed by atoms with E-state index >= 15 is 0 Å². The largest absolute Gasteiger partial charge is 0.433 e. The number of sulfonamides is 1. The average Bonchev–Trinajstić information content (AvgIpc) is 3.24. The summed E-state index contributed by atoms with van der Waals surface area (Å²) in [6, 6.07) is 11.5. The van der Waals surface area contributed by atoms with E-state index in [9.17, 15) is 22.0 Å². The number of nitrogens with one attached hydrogen (secondary N) is 1. The second kappa shape index (κ2) is 12.5. The Hall–Kier alpha value is -3.67. The quantitative estimate of drug-likeness (QED) is 0.334. The topological polar surface area (TPSA) is 135 Å². The van der Waals surface area contributed by atoms with Crippen LogP contribution in [0.15, 0.2) is 42.6 Å². The number of rotatable bonds is 12. The van der Waals surface area contributed by atoms with E-state index in [1.165, 1.54) is 25.4 Å². The molecule has 1 N–H and O–H groups in total. The van der Waals surface area contributed by atoms with Gasteiger partial charge in [-0.3, -0.25) is 9.78 Å². The zero-order valence-corrected chi connectivity index (χ0v) is 21.5. The summed E-state index contributed by atoms with van der Waals surface area (Å²) >= 11 is 1.16. The molecule has 0 saturated heterocycles. The molecule has 196 valence electrons. The van der Waals surface area contributed by atoms with Gasteiger partial charge in [0.2, 0.25) is 10.0 Å². The normalized spacial score (nSPS) is 11.2. The summed E-state index contributed by atoms with van der Waals surface area (Å²) in [7, 11) is -2.43. The molecule has 1 aromatic carbocycles. The second-order valence-electron chi connectivity index (χ2n) is 7.61. The van der Waals surface area contributed by atoms with Crippen LogP contribution in [-0.2, 0) is 21.3 Å². The number of benzene rings is 1. The third-order valence-corrected chi connectivity index (χ3v) is 7.21. The minimum atomic E-state index is -3.88. The fraction of sp³-hybridized carbons (Fsp3) is 0.304. The zero-order valence-electron chi connectivity index (χ0n) is 19.8. The summed E-state index contributed by atoms with van der Waals surface area (Å²) in [5.41, 5.74) is 1.47. The number of aryl methyl sites for hydroxylation is 1. The molecule has 2 aromatic heterocycles. The highest BCUT2D eigenvalue weighted by atomic mass is 32.2. The summed E-state index contributed by atoms with van der Waals surface area (Å²) in [6.07, 6.45) is 1.39. The van der Waals surface area contributed by atoms with E-state index in [4.69, 9.17) is 10.00 Å². The number of aromatic nitrogens is 2. The van der Waals surface area contributed by atoms with Gasteiger partial charge in [-0.15, -0.1) is 11.3 Å². The number of alkyl halides is 2. The van der Waals surface area contributed by atoms with E-state index in [0.717, 1.165) is 11.3 Å². The highest BCUT2D eigenvalue weighted by molar-refractivity contribution is 7.90. The first-order valence-electron chi connectivity index (χ1n) is 10.8. The highest BCUT2D eigenvalue weighted by Crippen LogP contribution is 2.33. The molecule has 3 rings (SSSR count). The number of thiazole rings is 1. The molecule has 1 amide bonds. The van der Waals surface area contributed by atoms with Crippen molar-refractivity contribution in [3.63, 3.8) is 0 Å². The fourth-order valence-corrected chi connectivity index (χ4v) is 5.07. The minimum absolute atomic E-state index is 0.0531. The van der Waals surface area contributed by atoms with Crippen molar-refractivity contribution in [3.05, 3.63) is 64.4 Å². The number of nitriles is 1. The van der Waals surface area contributed by atoms with Crippen LogP contribution in [0.2, 0.25) is 0 Å². The molecular formula is C23H23F2N5O5S2. The van der Waals surface area contributed by atoms with Crippen molar-refractivity contribution in [1.29, 1.82) is 5.26 Å². The third kappa shape index (κ3) is 7.91. The standard InChI is InChI=1S/C23H23F2N5O5S2/c1-15-20(21(31)29-37(32,33)11-3-10-34-2)28-23(36-15)30(18-7-4-16(12-26)5-8-18)14-17-6-9-19(13-27-17)35-22(24)25/h4-9,13,22H,3,10-11,14H2,1-2H3,(H,29,31). The van der Waals surface area contributed by atoms with E-state index in [2.05, 4.69) is 14.7 Å².